The van der Waals surface area contributed by atoms with Crippen molar-refractivity contribution in [3.8, 4) is 5.75 Å². The summed E-state index contributed by atoms with van der Waals surface area (Å²) in [6.45, 7) is 0.00845. The Hall–Kier alpha value is -2.37. The van der Waals surface area contributed by atoms with Gasteiger partial charge in [0.15, 0.2) is 11.6 Å². The summed E-state index contributed by atoms with van der Waals surface area (Å²) in [5, 5.41) is 11.0. The van der Waals surface area contributed by atoms with Crippen molar-refractivity contribution in [1.29, 1.82) is 0 Å². The maximum atomic E-state index is 13.6. The monoisotopic (exact) mass is 267 g/mol. The number of ether oxygens (including phenoxy) is 1. The molecule has 5 nitrogen and oxygen atoms in total. The van der Waals surface area contributed by atoms with Crippen molar-refractivity contribution in [2.75, 3.05) is 13.7 Å². The van der Waals surface area contributed by atoms with Crippen molar-refractivity contribution < 1.29 is 23.8 Å². The van der Waals surface area contributed by atoms with Gasteiger partial charge in [0.05, 0.1) is 13.0 Å². The number of hydrogen-bond acceptors (Lipinski definition) is 3. The van der Waals surface area contributed by atoms with Gasteiger partial charge in [0.25, 0.3) is 0 Å². The second-order valence-electron chi connectivity index (χ2n) is 3.60. The zero-order valence-corrected chi connectivity index (χ0v) is 10.4. The summed E-state index contributed by atoms with van der Waals surface area (Å²) < 4.78 is 18.8. The van der Waals surface area contributed by atoms with Crippen LogP contribution in [0.2, 0.25) is 0 Å². The lowest BCUT2D eigenvalue weighted by atomic mass is 10.2. The molecule has 1 aromatic carbocycles. The number of benzene rings is 1. The van der Waals surface area contributed by atoms with Gasteiger partial charge in [-0.1, -0.05) is 12.1 Å². The minimum atomic E-state index is -1.14. The van der Waals surface area contributed by atoms with E-state index in [0.29, 0.717) is 5.56 Å². The van der Waals surface area contributed by atoms with Gasteiger partial charge in [-0.05, 0) is 12.1 Å². The van der Waals surface area contributed by atoms with Crippen LogP contribution in [0.4, 0.5) is 4.39 Å². The second kappa shape index (κ2) is 7.15. The van der Waals surface area contributed by atoms with Crippen LogP contribution in [0.1, 0.15) is 12.0 Å². The van der Waals surface area contributed by atoms with Gasteiger partial charge in [-0.2, -0.15) is 0 Å². The normalized spacial score (nSPS) is 10.4. The molecule has 0 heterocycles. The molecule has 1 amide bonds. The summed E-state index contributed by atoms with van der Waals surface area (Å²) >= 11 is 0. The third-order valence-electron chi connectivity index (χ3n) is 2.26. The van der Waals surface area contributed by atoms with Crippen LogP contribution in [0.15, 0.2) is 24.3 Å². The maximum absolute atomic E-state index is 13.6. The Balaban J connectivity index is 2.80. The van der Waals surface area contributed by atoms with E-state index in [1.54, 1.807) is 0 Å². The number of carboxylic acids is 1. The number of halogens is 1. The first-order chi connectivity index (χ1) is 9.04. The molecule has 0 bridgehead atoms. The standard InChI is InChI=1S/C13H14FNO4/c1-15-11(16)7-8-19-13-9(5-6-12(17)18)3-2-4-10(13)14/h2-6H,7-8H2,1H3,(H,15,16)(H,17,18)/b6-5+. The maximum Gasteiger partial charge on any atom is 0.328 e. The Morgan fingerprint density at radius 3 is 2.84 bits per heavy atom. The number of para-hydroxylation sites is 1. The molecule has 0 atom stereocenters. The fourth-order valence-corrected chi connectivity index (χ4v) is 1.34. The Bertz CT molecular complexity index is 499. The third kappa shape index (κ3) is 4.79. The fourth-order valence-electron chi connectivity index (χ4n) is 1.34. The van der Waals surface area contributed by atoms with Crippen LogP contribution >= 0.6 is 0 Å². The molecule has 1 rings (SSSR count). The topological polar surface area (TPSA) is 75.6 Å². The summed E-state index contributed by atoms with van der Waals surface area (Å²) in [6, 6.07) is 4.17. The van der Waals surface area contributed by atoms with Crippen LogP contribution in [0.25, 0.3) is 6.08 Å². The van der Waals surface area contributed by atoms with E-state index in [-0.39, 0.29) is 24.7 Å². The molecule has 0 spiro atoms. The molecule has 0 fully saturated rings. The zero-order valence-electron chi connectivity index (χ0n) is 10.4. The SMILES string of the molecule is CNC(=O)CCOc1c(F)cccc1/C=C/C(=O)O. The van der Waals surface area contributed by atoms with E-state index >= 15 is 0 Å². The molecular formula is C13H14FNO4. The number of carboxylic acid groups (broad SMARTS) is 1. The fraction of sp³-hybridized carbons (Fsp3) is 0.231. The Kier molecular flexibility index (Phi) is 5.53. The predicted octanol–water partition coefficient (Wildman–Crippen LogP) is 1.44. The number of amides is 1. The molecule has 2 N–H and O–H groups in total. The van der Waals surface area contributed by atoms with Crippen LogP contribution in [-0.2, 0) is 9.59 Å². The third-order valence-corrected chi connectivity index (χ3v) is 2.26. The highest BCUT2D eigenvalue weighted by molar-refractivity contribution is 5.85. The number of nitrogens with one attached hydrogen (secondary N) is 1. The van der Waals surface area contributed by atoms with Gasteiger partial charge in [0, 0.05) is 18.7 Å². The molecule has 6 heteroatoms. The first-order valence-electron chi connectivity index (χ1n) is 5.57. The highest BCUT2D eigenvalue weighted by Gasteiger charge is 2.09. The van der Waals surface area contributed by atoms with Crippen molar-refractivity contribution in [2.24, 2.45) is 0 Å². The van der Waals surface area contributed by atoms with Crippen molar-refractivity contribution in [3.05, 3.63) is 35.7 Å². The predicted molar refractivity (Wildman–Crippen MR) is 67.2 cm³/mol. The molecule has 0 aliphatic carbocycles. The number of aliphatic carboxylic acids is 1. The van der Waals surface area contributed by atoms with E-state index in [1.807, 2.05) is 0 Å². The number of rotatable bonds is 6. The van der Waals surface area contributed by atoms with Crippen LogP contribution in [0, 0.1) is 5.82 Å². The molecule has 0 saturated carbocycles. The van der Waals surface area contributed by atoms with E-state index in [4.69, 9.17) is 9.84 Å². The van der Waals surface area contributed by atoms with Gasteiger partial charge in [0.1, 0.15) is 0 Å². The number of carbonyl (C=O) groups excluding carboxylic acids is 1. The highest BCUT2D eigenvalue weighted by atomic mass is 19.1. The van der Waals surface area contributed by atoms with E-state index in [2.05, 4.69) is 5.32 Å². The Morgan fingerprint density at radius 1 is 1.47 bits per heavy atom. The van der Waals surface area contributed by atoms with Gasteiger partial charge in [0.2, 0.25) is 5.91 Å². The smallest absolute Gasteiger partial charge is 0.328 e. The molecule has 0 unspecified atom stereocenters. The van der Waals surface area contributed by atoms with E-state index < -0.39 is 11.8 Å². The van der Waals surface area contributed by atoms with Crippen LogP contribution in [-0.4, -0.2) is 30.6 Å². The lowest BCUT2D eigenvalue weighted by Crippen LogP contribution is -2.20. The molecule has 0 radical (unpaired) electrons. The van der Waals surface area contributed by atoms with Gasteiger partial charge in [-0.3, -0.25) is 4.79 Å². The zero-order chi connectivity index (χ0) is 14.3. The van der Waals surface area contributed by atoms with Crippen molar-refractivity contribution in [3.63, 3.8) is 0 Å². The molecule has 102 valence electrons. The lowest BCUT2D eigenvalue weighted by Gasteiger charge is -2.09. The van der Waals surface area contributed by atoms with Gasteiger partial charge >= 0.3 is 5.97 Å². The first-order valence-corrected chi connectivity index (χ1v) is 5.57. The molecular weight excluding hydrogens is 253 g/mol. The summed E-state index contributed by atoms with van der Waals surface area (Å²) in [5.74, 6) is -2.03. The van der Waals surface area contributed by atoms with Crippen LogP contribution in [0.3, 0.4) is 0 Å². The van der Waals surface area contributed by atoms with Crippen molar-refractivity contribution in [1.82, 2.24) is 5.32 Å². The van der Waals surface area contributed by atoms with Crippen LogP contribution in [0.5, 0.6) is 5.75 Å². The summed E-state index contributed by atoms with van der Waals surface area (Å²) in [4.78, 5) is 21.4. The van der Waals surface area contributed by atoms with E-state index in [9.17, 15) is 14.0 Å². The van der Waals surface area contributed by atoms with Gasteiger partial charge in [-0.25, -0.2) is 9.18 Å². The summed E-state index contributed by atoms with van der Waals surface area (Å²) in [5.41, 5.74) is 0.305. The molecule has 19 heavy (non-hydrogen) atoms. The largest absolute Gasteiger partial charge is 0.489 e. The molecule has 0 saturated heterocycles. The lowest BCUT2D eigenvalue weighted by molar-refractivity contribution is -0.131. The van der Waals surface area contributed by atoms with Crippen LogP contribution < -0.4 is 10.1 Å². The average Bonchev–Trinajstić information content (AvgIpc) is 2.38. The molecule has 1 aromatic rings. The van der Waals surface area contributed by atoms with E-state index in [1.165, 1.54) is 31.3 Å². The quantitative estimate of drug-likeness (QED) is 0.765. The minimum absolute atomic E-state index is 0.00845. The average molecular weight is 267 g/mol. The highest BCUT2D eigenvalue weighted by Crippen LogP contribution is 2.24. The van der Waals surface area contributed by atoms with Gasteiger partial charge in [-0.15, -0.1) is 0 Å². The van der Waals surface area contributed by atoms with Crippen molar-refractivity contribution in [2.45, 2.75) is 6.42 Å². The van der Waals surface area contributed by atoms with Crippen molar-refractivity contribution >= 4 is 18.0 Å². The van der Waals surface area contributed by atoms with Gasteiger partial charge < -0.3 is 15.2 Å². The molecule has 0 aliphatic rings. The number of carbonyl (C=O) groups is 2. The number of hydrogen-bond donors (Lipinski definition) is 2. The summed E-state index contributed by atoms with van der Waals surface area (Å²) in [6.07, 6.45) is 2.22. The molecule has 0 aromatic heterocycles. The Labute approximate surface area is 109 Å². The molecule has 0 aliphatic heterocycles. The Morgan fingerprint density at radius 2 is 2.21 bits per heavy atom. The minimum Gasteiger partial charge on any atom is -0.489 e. The second-order valence-corrected chi connectivity index (χ2v) is 3.60. The summed E-state index contributed by atoms with van der Waals surface area (Å²) in [7, 11) is 1.49. The first kappa shape index (κ1) is 14.7. The van der Waals surface area contributed by atoms with E-state index in [0.717, 1.165) is 6.08 Å².